The van der Waals surface area contributed by atoms with Gasteiger partial charge in [-0.05, 0) is 17.9 Å². The van der Waals surface area contributed by atoms with E-state index in [9.17, 15) is 4.79 Å². The molecular weight excluding hydrogens is 226 g/mol. The summed E-state index contributed by atoms with van der Waals surface area (Å²) < 4.78 is 0. The average Bonchev–Trinajstić information content (AvgIpc) is 2.36. The minimum absolute atomic E-state index is 0.0689. The molecule has 0 fully saturated rings. The fourth-order valence-electron chi connectivity index (χ4n) is 1.85. The van der Waals surface area contributed by atoms with Gasteiger partial charge < -0.3 is 5.32 Å². The molecule has 1 N–H and O–H groups in total. The summed E-state index contributed by atoms with van der Waals surface area (Å²) >= 11 is 0. The molecule has 1 rings (SSSR count). The maximum atomic E-state index is 12.0. The van der Waals surface area contributed by atoms with Gasteiger partial charge in [0.25, 0.3) is 5.91 Å². The zero-order valence-corrected chi connectivity index (χ0v) is 11.2. The maximum absolute atomic E-state index is 12.0. The Morgan fingerprint density at radius 1 is 1.56 bits per heavy atom. The summed E-state index contributed by atoms with van der Waals surface area (Å²) in [5.41, 5.74) is 0.766. The third-order valence-corrected chi connectivity index (χ3v) is 2.84. The zero-order chi connectivity index (χ0) is 13.6. The number of amides is 1. The van der Waals surface area contributed by atoms with Gasteiger partial charge in [-0.15, -0.1) is 0 Å². The molecule has 0 radical (unpaired) electrons. The highest BCUT2D eigenvalue weighted by Gasteiger charge is 2.19. The van der Waals surface area contributed by atoms with E-state index in [1.54, 1.807) is 6.07 Å². The molecule has 1 heterocycles. The van der Waals surface area contributed by atoms with E-state index in [1.165, 1.54) is 12.4 Å². The fraction of sp³-hybridized carbons (Fsp3) is 0.500. The quantitative estimate of drug-likeness (QED) is 0.866. The molecule has 1 aromatic heterocycles. The molecular formula is C14H19N3O. The van der Waals surface area contributed by atoms with Gasteiger partial charge in [0.2, 0.25) is 0 Å². The average molecular weight is 245 g/mol. The van der Waals surface area contributed by atoms with Crippen molar-refractivity contribution in [2.75, 3.05) is 6.54 Å². The molecule has 0 aliphatic heterocycles. The van der Waals surface area contributed by atoms with Gasteiger partial charge in [-0.25, -0.2) is 0 Å². The topological polar surface area (TPSA) is 65.8 Å². The Bertz CT molecular complexity index is 460. The Morgan fingerprint density at radius 3 is 2.89 bits per heavy atom. The third kappa shape index (κ3) is 3.85. The van der Waals surface area contributed by atoms with E-state index in [4.69, 9.17) is 5.26 Å². The molecule has 96 valence electrons. The predicted molar refractivity (Wildman–Crippen MR) is 70.0 cm³/mol. The minimum Gasteiger partial charge on any atom is -0.351 e. The number of hydrogen-bond donors (Lipinski definition) is 1. The van der Waals surface area contributed by atoms with Gasteiger partial charge in [0.15, 0.2) is 0 Å². The van der Waals surface area contributed by atoms with E-state index in [0.29, 0.717) is 17.7 Å². The molecule has 0 bridgehead atoms. The summed E-state index contributed by atoms with van der Waals surface area (Å²) in [7, 11) is 0. The molecule has 18 heavy (non-hydrogen) atoms. The smallest absolute Gasteiger partial charge is 0.254 e. The fourth-order valence-corrected chi connectivity index (χ4v) is 1.85. The van der Waals surface area contributed by atoms with Crippen LogP contribution in [0.1, 0.15) is 49.5 Å². The van der Waals surface area contributed by atoms with Crippen LogP contribution in [0.2, 0.25) is 0 Å². The second-order valence-corrected chi connectivity index (χ2v) is 5.13. The summed E-state index contributed by atoms with van der Waals surface area (Å²) in [5.74, 6) is -0.233. The SMILES string of the molecule is CCCC(C)(C)CNC(=O)c1cnccc1C#N. The molecule has 4 nitrogen and oxygen atoms in total. The van der Waals surface area contributed by atoms with Crippen LogP contribution < -0.4 is 5.32 Å². The van der Waals surface area contributed by atoms with Crippen LogP contribution in [0.25, 0.3) is 0 Å². The molecule has 0 saturated heterocycles. The number of carbonyl (C=O) groups excluding carboxylic acids is 1. The van der Waals surface area contributed by atoms with E-state index in [0.717, 1.165) is 12.8 Å². The Morgan fingerprint density at radius 2 is 2.28 bits per heavy atom. The first kappa shape index (κ1) is 14.2. The second-order valence-electron chi connectivity index (χ2n) is 5.13. The number of pyridine rings is 1. The summed E-state index contributed by atoms with van der Waals surface area (Å²) in [6.45, 7) is 6.95. The molecule has 0 saturated carbocycles. The van der Waals surface area contributed by atoms with Crippen molar-refractivity contribution in [1.82, 2.24) is 10.3 Å². The van der Waals surface area contributed by atoms with Gasteiger partial charge in [-0.2, -0.15) is 5.26 Å². The lowest BCUT2D eigenvalue weighted by atomic mass is 9.88. The lowest BCUT2D eigenvalue weighted by molar-refractivity contribution is 0.0934. The number of rotatable bonds is 5. The van der Waals surface area contributed by atoms with Crippen molar-refractivity contribution in [1.29, 1.82) is 5.26 Å². The van der Waals surface area contributed by atoms with Gasteiger partial charge in [-0.3, -0.25) is 9.78 Å². The number of aromatic nitrogens is 1. The van der Waals surface area contributed by atoms with E-state index in [2.05, 4.69) is 31.1 Å². The van der Waals surface area contributed by atoms with Crippen LogP contribution in [0.3, 0.4) is 0 Å². The lowest BCUT2D eigenvalue weighted by Crippen LogP contribution is -2.34. The lowest BCUT2D eigenvalue weighted by Gasteiger charge is -2.24. The van der Waals surface area contributed by atoms with Crippen LogP contribution in [0.15, 0.2) is 18.5 Å². The van der Waals surface area contributed by atoms with E-state index in [1.807, 2.05) is 6.07 Å². The predicted octanol–water partition coefficient (Wildman–Crippen LogP) is 2.51. The Kier molecular flexibility index (Phi) is 4.85. The minimum atomic E-state index is -0.233. The first-order valence-corrected chi connectivity index (χ1v) is 6.12. The maximum Gasteiger partial charge on any atom is 0.254 e. The first-order chi connectivity index (χ1) is 8.50. The van der Waals surface area contributed by atoms with Crippen molar-refractivity contribution in [3.8, 4) is 6.07 Å². The number of nitrogens with one attached hydrogen (secondary N) is 1. The molecule has 0 spiro atoms. The molecule has 4 heteroatoms. The molecule has 1 aromatic rings. The van der Waals surface area contributed by atoms with Crippen LogP contribution in [-0.4, -0.2) is 17.4 Å². The molecule has 0 unspecified atom stereocenters. The Labute approximate surface area is 108 Å². The number of hydrogen-bond acceptors (Lipinski definition) is 3. The summed E-state index contributed by atoms with van der Waals surface area (Å²) in [6.07, 6.45) is 5.07. The highest BCUT2D eigenvalue weighted by Crippen LogP contribution is 2.20. The monoisotopic (exact) mass is 245 g/mol. The van der Waals surface area contributed by atoms with Crippen molar-refractivity contribution in [2.45, 2.75) is 33.6 Å². The summed E-state index contributed by atoms with van der Waals surface area (Å²) in [5, 5.41) is 11.8. The molecule has 0 aliphatic carbocycles. The molecule has 0 atom stereocenters. The van der Waals surface area contributed by atoms with Crippen molar-refractivity contribution < 1.29 is 4.79 Å². The highest BCUT2D eigenvalue weighted by atomic mass is 16.1. The van der Waals surface area contributed by atoms with Crippen molar-refractivity contribution in [3.63, 3.8) is 0 Å². The van der Waals surface area contributed by atoms with Gasteiger partial charge in [0, 0.05) is 18.9 Å². The summed E-state index contributed by atoms with van der Waals surface area (Å²) in [6, 6.07) is 3.55. The van der Waals surface area contributed by atoms with E-state index >= 15 is 0 Å². The molecule has 0 aromatic carbocycles. The van der Waals surface area contributed by atoms with Crippen LogP contribution in [0.4, 0.5) is 0 Å². The van der Waals surface area contributed by atoms with Crippen molar-refractivity contribution >= 4 is 5.91 Å². The Balaban J connectivity index is 2.70. The van der Waals surface area contributed by atoms with Crippen LogP contribution >= 0.6 is 0 Å². The van der Waals surface area contributed by atoms with Gasteiger partial charge in [-0.1, -0.05) is 27.2 Å². The van der Waals surface area contributed by atoms with Crippen LogP contribution in [-0.2, 0) is 0 Å². The number of carbonyl (C=O) groups is 1. The second kappa shape index (κ2) is 6.15. The van der Waals surface area contributed by atoms with E-state index < -0.39 is 0 Å². The van der Waals surface area contributed by atoms with Crippen molar-refractivity contribution in [3.05, 3.63) is 29.6 Å². The Hall–Kier alpha value is -1.89. The highest BCUT2D eigenvalue weighted by molar-refractivity contribution is 5.96. The third-order valence-electron chi connectivity index (χ3n) is 2.84. The van der Waals surface area contributed by atoms with Crippen LogP contribution in [0.5, 0.6) is 0 Å². The van der Waals surface area contributed by atoms with Gasteiger partial charge in [0.1, 0.15) is 6.07 Å². The molecule has 0 aliphatic rings. The summed E-state index contributed by atoms with van der Waals surface area (Å²) in [4.78, 5) is 15.9. The van der Waals surface area contributed by atoms with E-state index in [-0.39, 0.29) is 11.3 Å². The number of nitriles is 1. The normalized spacial score (nSPS) is 10.8. The standard InChI is InChI=1S/C14H19N3O/c1-4-6-14(2,3)10-17-13(18)12-9-16-7-5-11(12)8-15/h5,7,9H,4,6,10H2,1-3H3,(H,17,18). The largest absolute Gasteiger partial charge is 0.351 e. The van der Waals surface area contributed by atoms with Gasteiger partial charge >= 0.3 is 0 Å². The van der Waals surface area contributed by atoms with Gasteiger partial charge in [0.05, 0.1) is 11.1 Å². The zero-order valence-electron chi connectivity index (χ0n) is 11.2. The van der Waals surface area contributed by atoms with Crippen molar-refractivity contribution in [2.24, 2.45) is 5.41 Å². The molecule has 1 amide bonds. The van der Waals surface area contributed by atoms with Crippen LogP contribution in [0, 0.1) is 16.7 Å². The number of nitrogens with zero attached hydrogens (tertiary/aromatic N) is 2. The first-order valence-electron chi connectivity index (χ1n) is 6.12.